The fourth-order valence-electron chi connectivity index (χ4n) is 1.23. The van der Waals surface area contributed by atoms with E-state index in [2.05, 4.69) is 0 Å². The Kier molecular flexibility index (Phi) is 3.29. The molecule has 1 aliphatic rings. The Balaban J connectivity index is 2.47. The lowest BCUT2D eigenvalue weighted by atomic mass is 9.97. The Hall–Kier alpha value is -0.830. The molecule has 1 N–H and O–H groups in total. The van der Waals surface area contributed by atoms with Crippen molar-refractivity contribution in [2.75, 3.05) is 6.61 Å². The van der Waals surface area contributed by atoms with Gasteiger partial charge in [0.25, 0.3) is 0 Å². The summed E-state index contributed by atoms with van der Waals surface area (Å²) in [6, 6.07) is 0. The van der Waals surface area contributed by atoms with Gasteiger partial charge >= 0.3 is 5.97 Å². The molecule has 68 valence electrons. The molecule has 0 saturated heterocycles. The molecule has 0 radical (unpaired) electrons. The Morgan fingerprint density at radius 2 is 2.58 bits per heavy atom. The molecule has 1 aliphatic carbocycles. The van der Waals surface area contributed by atoms with E-state index in [-0.39, 0.29) is 12.1 Å². The third-order valence-electron chi connectivity index (χ3n) is 1.92. The molecular weight excluding hydrogens is 156 g/mol. The fourth-order valence-corrected chi connectivity index (χ4v) is 1.23. The van der Waals surface area contributed by atoms with Gasteiger partial charge in [-0.1, -0.05) is 6.08 Å². The first-order valence-corrected chi connectivity index (χ1v) is 4.28. The van der Waals surface area contributed by atoms with Crippen LogP contribution in [0.15, 0.2) is 11.6 Å². The monoisotopic (exact) mass is 170 g/mol. The zero-order valence-corrected chi connectivity index (χ0v) is 7.25. The van der Waals surface area contributed by atoms with E-state index in [1.54, 1.807) is 13.0 Å². The minimum absolute atomic E-state index is 0.232. The van der Waals surface area contributed by atoms with Gasteiger partial charge in [-0.25, -0.2) is 4.79 Å². The van der Waals surface area contributed by atoms with Crippen LogP contribution in [-0.2, 0) is 9.53 Å². The van der Waals surface area contributed by atoms with E-state index in [0.29, 0.717) is 31.4 Å². The number of carbonyl (C=O) groups is 1. The average molecular weight is 170 g/mol. The average Bonchev–Trinajstić information content (AvgIpc) is 2.06. The predicted molar refractivity (Wildman–Crippen MR) is 44.6 cm³/mol. The molecule has 0 aromatic carbocycles. The molecule has 3 nitrogen and oxygen atoms in total. The van der Waals surface area contributed by atoms with E-state index < -0.39 is 0 Å². The summed E-state index contributed by atoms with van der Waals surface area (Å²) in [5, 5.41) is 9.14. The Morgan fingerprint density at radius 3 is 3.08 bits per heavy atom. The molecule has 0 amide bonds. The Bertz CT molecular complexity index is 196. The number of hydrogen-bond acceptors (Lipinski definition) is 3. The van der Waals surface area contributed by atoms with Gasteiger partial charge in [0.15, 0.2) is 0 Å². The number of esters is 1. The number of ether oxygens (including phenoxy) is 1. The summed E-state index contributed by atoms with van der Waals surface area (Å²) in [6.07, 6.45) is 3.38. The molecular formula is C9H14O3. The lowest BCUT2D eigenvalue weighted by molar-refractivity contribution is -0.138. The largest absolute Gasteiger partial charge is 0.463 e. The maximum absolute atomic E-state index is 11.1. The molecule has 0 fully saturated rings. The van der Waals surface area contributed by atoms with Gasteiger partial charge in [-0.15, -0.1) is 0 Å². The van der Waals surface area contributed by atoms with Crippen molar-refractivity contribution in [2.45, 2.75) is 32.3 Å². The molecule has 1 rings (SSSR count). The third-order valence-corrected chi connectivity index (χ3v) is 1.92. The van der Waals surface area contributed by atoms with Gasteiger partial charge in [-0.05, 0) is 26.2 Å². The predicted octanol–water partition coefficient (Wildman–Crippen LogP) is 1.02. The summed E-state index contributed by atoms with van der Waals surface area (Å²) < 4.78 is 4.83. The molecule has 0 aromatic rings. The highest BCUT2D eigenvalue weighted by Crippen LogP contribution is 2.18. The summed E-state index contributed by atoms with van der Waals surface area (Å²) >= 11 is 0. The van der Waals surface area contributed by atoms with Crippen molar-refractivity contribution in [1.82, 2.24) is 0 Å². The van der Waals surface area contributed by atoms with Crippen molar-refractivity contribution in [3.63, 3.8) is 0 Å². The number of carbonyl (C=O) groups excluding carboxylic acids is 1. The molecule has 0 aromatic heterocycles. The van der Waals surface area contributed by atoms with Crippen LogP contribution in [0.25, 0.3) is 0 Å². The second-order valence-corrected chi connectivity index (χ2v) is 2.88. The standard InChI is InChI=1S/C9H14O3/c1-2-12-9(11)7-3-5-8(10)6-4-7/h3,8,10H,2,4-6H2,1H3/t8-/m0/s1. The molecule has 0 bridgehead atoms. The highest BCUT2D eigenvalue weighted by Gasteiger charge is 2.17. The molecule has 0 spiro atoms. The van der Waals surface area contributed by atoms with Gasteiger partial charge in [0.2, 0.25) is 0 Å². The molecule has 0 heterocycles. The van der Waals surface area contributed by atoms with E-state index >= 15 is 0 Å². The van der Waals surface area contributed by atoms with E-state index in [4.69, 9.17) is 9.84 Å². The van der Waals surface area contributed by atoms with Gasteiger partial charge in [-0.2, -0.15) is 0 Å². The van der Waals surface area contributed by atoms with Crippen LogP contribution in [0.5, 0.6) is 0 Å². The van der Waals surface area contributed by atoms with E-state index in [1.807, 2.05) is 0 Å². The zero-order chi connectivity index (χ0) is 8.97. The minimum atomic E-state index is -0.275. The van der Waals surface area contributed by atoms with Crippen molar-refractivity contribution in [3.05, 3.63) is 11.6 Å². The smallest absolute Gasteiger partial charge is 0.333 e. The molecule has 1 atom stereocenters. The maximum atomic E-state index is 11.1. The van der Waals surface area contributed by atoms with Crippen molar-refractivity contribution in [3.8, 4) is 0 Å². The lowest BCUT2D eigenvalue weighted by Gasteiger charge is -2.15. The van der Waals surface area contributed by atoms with Crippen molar-refractivity contribution >= 4 is 5.97 Å². The highest BCUT2D eigenvalue weighted by molar-refractivity contribution is 5.88. The van der Waals surface area contributed by atoms with Gasteiger partial charge in [-0.3, -0.25) is 0 Å². The molecule has 3 heteroatoms. The molecule has 12 heavy (non-hydrogen) atoms. The van der Waals surface area contributed by atoms with Gasteiger partial charge in [0.05, 0.1) is 12.7 Å². The topological polar surface area (TPSA) is 46.5 Å². The molecule has 0 unspecified atom stereocenters. The van der Waals surface area contributed by atoms with Gasteiger partial charge in [0, 0.05) is 5.57 Å². The van der Waals surface area contributed by atoms with E-state index in [1.165, 1.54) is 0 Å². The molecule has 0 saturated carbocycles. The van der Waals surface area contributed by atoms with Crippen molar-refractivity contribution < 1.29 is 14.6 Å². The van der Waals surface area contributed by atoms with Crippen LogP contribution >= 0.6 is 0 Å². The SMILES string of the molecule is CCOC(=O)C1=CC[C@H](O)CC1. The number of aliphatic hydroxyl groups is 1. The summed E-state index contributed by atoms with van der Waals surface area (Å²) in [4.78, 5) is 11.1. The maximum Gasteiger partial charge on any atom is 0.333 e. The normalized spacial score (nSPS) is 23.2. The lowest BCUT2D eigenvalue weighted by Crippen LogP contribution is -2.16. The number of hydrogen-bond donors (Lipinski definition) is 1. The van der Waals surface area contributed by atoms with Crippen LogP contribution < -0.4 is 0 Å². The van der Waals surface area contributed by atoms with Crippen LogP contribution in [0, 0.1) is 0 Å². The van der Waals surface area contributed by atoms with Gasteiger partial charge < -0.3 is 9.84 Å². The minimum Gasteiger partial charge on any atom is -0.463 e. The van der Waals surface area contributed by atoms with Crippen LogP contribution in [0.2, 0.25) is 0 Å². The van der Waals surface area contributed by atoms with Crippen LogP contribution in [0.3, 0.4) is 0 Å². The number of rotatable bonds is 2. The van der Waals surface area contributed by atoms with Crippen molar-refractivity contribution in [1.29, 1.82) is 0 Å². The first-order valence-electron chi connectivity index (χ1n) is 4.28. The Morgan fingerprint density at radius 1 is 1.83 bits per heavy atom. The summed E-state index contributed by atoms with van der Waals surface area (Å²) in [7, 11) is 0. The van der Waals surface area contributed by atoms with E-state index in [9.17, 15) is 4.79 Å². The third kappa shape index (κ3) is 2.34. The summed E-state index contributed by atoms with van der Waals surface area (Å²) in [5.41, 5.74) is 0.710. The van der Waals surface area contributed by atoms with Crippen molar-refractivity contribution in [2.24, 2.45) is 0 Å². The number of aliphatic hydroxyl groups excluding tert-OH is 1. The van der Waals surface area contributed by atoms with Crippen LogP contribution in [0.4, 0.5) is 0 Å². The van der Waals surface area contributed by atoms with Gasteiger partial charge in [0.1, 0.15) is 0 Å². The summed E-state index contributed by atoms with van der Waals surface area (Å²) in [5.74, 6) is -0.232. The Labute approximate surface area is 72.0 Å². The zero-order valence-electron chi connectivity index (χ0n) is 7.25. The highest BCUT2D eigenvalue weighted by atomic mass is 16.5. The second kappa shape index (κ2) is 4.26. The first-order chi connectivity index (χ1) is 5.74. The van der Waals surface area contributed by atoms with E-state index in [0.717, 1.165) is 0 Å². The van der Waals surface area contributed by atoms with Crippen LogP contribution in [-0.4, -0.2) is 23.8 Å². The summed E-state index contributed by atoms with van der Waals surface area (Å²) in [6.45, 7) is 2.20. The molecule has 0 aliphatic heterocycles. The second-order valence-electron chi connectivity index (χ2n) is 2.88. The van der Waals surface area contributed by atoms with Crippen LogP contribution in [0.1, 0.15) is 26.2 Å². The first kappa shape index (κ1) is 9.26. The fraction of sp³-hybridized carbons (Fsp3) is 0.667. The quantitative estimate of drug-likeness (QED) is 0.629.